The van der Waals surface area contributed by atoms with Gasteiger partial charge in [0.05, 0.1) is 10.2 Å². The number of nitrogens with two attached hydrogens (primary N) is 1. The SMILES string of the molecule is COCCCc1nc(N)c(Br)c(CC(C)C)n1. The number of halogens is 1. The summed E-state index contributed by atoms with van der Waals surface area (Å²) in [5.74, 6) is 1.88. The lowest BCUT2D eigenvalue weighted by atomic mass is 10.1. The number of aryl methyl sites for hydroxylation is 1. The summed E-state index contributed by atoms with van der Waals surface area (Å²) in [6, 6.07) is 0. The van der Waals surface area contributed by atoms with Gasteiger partial charge in [0.15, 0.2) is 0 Å². The molecule has 0 aliphatic carbocycles. The Kier molecular flexibility index (Phi) is 5.85. The molecular formula is C12H20BrN3O. The first-order chi connectivity index (χ1) is 8.04. The van der Waals surface area contributed by atoms with Gasteiger partial charge in [0, 0.05) is 20.1 Å². The van der Waals surface area contributed by atoms with E-state index in [-0.39, 0.29) is 0 Å². The van der Waals surface area contributed by atoms with Crippen LogP contribution in [0, 0.1) is 5.92 Å². The fourth-order valence-corrected chi connectivity index (χ4v) is 1.91. The average molecular weight is 302 g/mol. The van der Waals surface area contributed by atoms with Gasteiger partial charge in [-0.3, -0.25) is 0 Å². The van der Waals surface area contributed by atoms with Crippen LogP contribution < -0.4 is 5.73 Å². The van der Waals surface area contributed by atoms with Crippen LogP contribution in [0.2, 0.25) is 0 Å². The topological polar surface area (TPSA) is 61.0 Å². The number of aromatic nitrogens is 2. The van der Waals surface area contributed by atoms with Crippen molar-refractivity contribution >= 4 is 21.7 Å². The molecule has 0 radical (unpaired) electrons. The zero-order chi connectivity index (χ0) is 12.8. The van der Waals surface area contributed by atoms with Crippen molar-refractivity contribution in [2.24, 2.45) is 5.92 Å². The molecule has 4 nitrogen and oxygen atoms in total. The van der Waals surface area contributed by atoms with E-state index in [2.05, 4.69) is 39.7 Å². The number of anilines is 1. The smallest absolute Gasteiger partial charge is 0.141 e. The molecule has 0 atom stereocenters. The molecule has 0 saturated carbocycles. The van der Waals surface area contributed by atoms with E-state index in [1.54, 1.807) is 7.11 Å². The van der Waals surface area contributed by atoms with Crippen molar-refractivity contribution in [3.8, 4) is 0 Å². The van der Waals surface area contributed by atoms with Crippen molar-refractivity contribution in [1.29, 1.82) is 0 Å². The summed E-state index contributed by atoms with van der Waals surface area (Å²) in [4.78, 5) is 8.83. The highest BCUT2D eigenvalue weighted by Crippen LogP contribution is 2.23. The Morgan fingerprint density at radius 3 is 2.65 bits per heavy atom. The molecule has 1 aromatic rings. The third-order valence-electron chi connectivity index (χ3n) is 2.34. The van der Waals surface area contributed by atoms with Crippen molar-refractivity contribution in [2.45, 2.75) is 33.1 Å². The van der Waals surface area contributed by atoms with E-state index in [4.69, 9.17) is 10.5 Å². The molecule has 17 heavy (non-hydrogen) atoms. The maximum atomic E-state index is 5.87. The Morgan fingerprint density at radius 2 is 2.06 bits per heavy atom. The molecular weight excluding hydrogens is 282 g/mol. The van der Waals surface area contributed by atoms with Crippen LogP contribution in [0.5, 0.6) is 0 Å². The number of hydrogen-bond donors (Lipinski definition) is 1. The van der Waals surface area contributed by atoms with Crippen LogP contribution in [0.25, 0.3) is 0 Å². The van der Waals surface area contributed by atoms with Crippen molar-refractivity contribution < 1.29 is 4.74 Å². The number of ether oxygens (including phenoxy) is 1. The molecule has 0 aromatic carbocycles. The Labute approximate surface area is 111 Å². The highest BCUT2D eigenvalue weighted by atomic mass is 79.9. The van der Waals surface area contributed by atoms with Crippen molar-refractivity contribution in [3.05, 3.63) is 16.0 Å². The van der Waals surface area contributed by atoms with Crippen LogP contribution in [0.3, 0.4) is 0 Å². The monoisotopic (exact) mass is 301 g/mol. The van der Waals surface area contributed by atoms with Crippen LogP contribution in [0.15, 0.2) is 4.47 Å². The maximum absolute atomic E-state index is 5.87. The Hall–Kier alpha value is -0.680. The quantitative estimate of drug-likeness (QED) is 0.821. The minimum Gasteiger partial charge on any atom is -0.385 e. The molecule has 5 heteroatoms. The van der Waals surface area contributed by atoms with Crippen molar-refractivity contribution in [3.63, 3.8) is 0 Å². The minimum atomic E-state index is 0.531. The molecule has 0 fully saturated rings. The average Bonchev–Trinajstić information content (AvgIpc) is 2.25. The third kappa shape index (κ3) is 4.60. The van der Waals surface area contributed by atoms with Gasteiger partial charge in [-0.15, -0.1) is 0 Å². The Bertz CT molecular complexity index is 369. The number of rotatable bonds is 6. The second-order valence-corrected chi connectivity index (χ2v) is 5.27. The predicted octanol–water partition coefficient (Wildman–Crippen LogP) is 2.60. The second-order valence-electron chi connectivity index (χ2n) is 4.48. The highest BCUT2D eigenvalue weighted by Gasteiger charge is 2.11. The number of methoxy groups -OCH3 is 1. The first-order valence-corrected chi connectivity index (χ1v) is 6.63. The largest absolute Gasteiger partial charge is 0.385 e. The lowest BCUT2D eigenvalue weighted by Gasteiger charge is -2.10. The Balaban J connectivity index is 2.82. The number of nitrogens with zero attached hydrogens (tertiary/aromatic N) is 2. The molecule has 2 N–H and O–H groups in total. The number of hydrogen-bond acceptors (Lipinski definition) is 4. The van der Waals surface area contributed by atoms with E-state index in [1.807, 2.05) is 0 Å². The highest BCUT2D eigenvalue weighted by molar-refractivity contribution is 9.10. The van der Waals surface area contributed by atoms with Crippen LogP contribution in [0.4, 0.5) is 5.82 Å². The van der Waals surface area contributed by atoms with E-state index in [0.717, 1.165) is 41.9 Å². The fraction of sp³-hybridized carbons (Fsp3) is 0.667. The normalized spacial score (nSPS) is 11.1. The summed E-state index contributed by atoms with van der Waals surface area (Å²) >= 11 is 3.45. The van der Waals surface area contributed by atoms with Gasteiger partial charge < -0.3 is 10.5 Å². The van der Waals surface area contributed by atoms with Gasteiger partial charge in [-0.05, 0) is 34.7 Å². The molecule has 1 rings (SSSR count). The van der Waals surface area contributed by atoms with Crippen molar-refractivity contribution in [1.82, 2.24) is 9.97 Å². The van der Waals surface area contributed by atoms with Gasteiger partial charge >= 0.3 is 0 Å². The van der Waals surface area contributed by atoms with E-state index in [0.29, 0.717) is 11.7 Å². The van der Waals surface area contributed by atoms with E-state index >= 15 is 0 Å². The molecule has 1 heterocycles. The molecule has 0 aliphatic heterocycles. The summed E-state index contributed by atoms with van der Waals surface area (Å²) in [7, 11) is 1.70. The standard InChI is InChI=1S/C12H20BrN3O/c1-8(2)7-9-11(13)12(14)16-10(15-9)5-4-6-17-3/h8H,4-7H2,1-3H3,(H2,14,15,16). The van der Waals surface area contributed by atoms with Crippen LogP contribution in [-0.2, 0) is 17.6 Å². The molecule has 0 unspecified atom stereocenters. The first kappa shape index (κ1) is 14.4. The lowest BCUT2D eigenvalue weighted by Crippen LogP contribution is -2.08. The van der Waals surface area contributed by atoms with Gasteiger partial charge in [0.2, 0.25) is 0 Å². The van der Waals surface area contributed by atoms with Crippen LogP contribution in [-0.4, -0.2) is 23.7 Å². The zero-order valence-electron chi connectivity index (χ0n) is 10.7. The lowest BCUT2D eigenvalue weighted by molar-refractivity contribution is 0.194. The number of nitrogen functional groups attached to an aromatic ring is 1. The summed E-state index contributed by atoms with van der Waals surface area (Å²) < 4.78 is 5.85. The molecule has 0 spiro atoms. The molecule has 96 valence electrons. The second kappa shape index (κ2) is 6.91. The minimum absolute atomic E-state index is 0.531. The molecule has 0 amide bonds. The zero-order valence-corrected chi connectivity index (χ0v) is 12.2. The van der Waals surface area contributed by atoms with Crippen molar-refractivity contribution in [2.75, 3.05) is 19.5 Å². The fourth-order valence-electron chi connectivity index (χ4n) is 1.57. The maximum Gasteiger partial charge on any atom is 0.141 e. The molecule has 0 bridgehead atoms. The van der Waals surface area contributed by atoms with Gasteiger partial charge in [0.25, 0.3) is 0 Å². The van der Waals surface area contributed by atoms with Gasteiger partial charge in [-0.1, -0.05) is 13.8 Å². The van der Waals surface area contributed by atoms with E-state index in [9.17, 15) is 0 Å². The van der Waals surface area contributed by atoms with E-state index < -0.39 is 0 Å². The summed E-state index contributed by atoms with van der Waals surface area (Å²) in [5, 5.41) is 0. The summed E-state index contributed by atoms with van der Waals surface area (Å²) in [6.07, 6.45) is 2.62. The third-order valence-corrected chi connectivity index (χ3v) is 3.21. The molecule has 1 aromatic heterocycles. The first-order valence-electron chi connectivity index (χ1n) is 5.84. The van der Waals surface area contributed by atoms with Crippen LogP contribution >= 0.6 is 15.9 Å². The van der Waals surface area contributed by atoms with E-state index in [1.165, 1.54) is 0 Å². The van der Waals surface area contributed by atoms with Gasteiger partial charge in [0.1, 0.15) is 11.6 Å². The van der Waals surface area contributed by atoms with Gasteiger partial charge in [-0.2, -0.15) is 0 Å². The molecule has 0 saturated heterocycles. The molecule has 0 aliphatic rings. The van der Waals surface area contributed by atoms with Gasteiger partial charge in [-0.25, -0.2) is 9.97 Å². The summed E-state index contributed by atoms with van der Waals surface area (Å²) in [6.45, 7) is 5.05. The summed E-state index contributed by atoms with van der Waals surface area (Å²) in [5.41, 5.74) is 6.87. The Morgan fingerprint density at radius 1 is 1.35 bits per heavy atom. The predicted molar refractivity (Wildman–Crippen MR) is 72.9 cm³/mol. The van der Waals surface area contributed by atoms with Crippen LogP contribution in [0.1, 0.15) is 31.8 Å².